The van der Waals surface area contributed by atoms with E-state index in [1.807, 2.05) is 56.9 Å². The van der Waals surface area contributed by atoms with Crippen molar-refractivity contribution in [2.24, 2.45) is 7.05 Å². The first-order valence-corrected chi connectivity index (χ1v) is 9.23. The maximum Gasteiger partial charge on any atom is 0.228 e. The van der Waals surface area contributed by atoms with Gasteiger partial charge < -0.3 is 4.90 Å². The summed E-state index contributed by atoms with van der Waals surface area (Å²) >= 11 is 0. The number of anilines is 2. The van der Waals surface area contributed by atoms with E-state index in [2.05, 4.69) is 10.00 Å². The molecule has 0 bridgehead atoms. The smallest absolute Gasteiger partial charge is 0.228 e. The molecule has 0 saturated heterocycles. The van der Waals surface area contributed by atoms with Crippen molar-refractivity contribution in [3.05, 3.63) is 41.2 Å². The Morgan fingerprint density at radius 2 is 1.70 bits per heavy atom. The highest BCUT2D eigenvalue weighted by Gasteiger charge is 2.28. The first kappa shape index (κ1) is 17.5. The molecule has 0 fully saturated rings. The fraction of sp³-hybridized carbons (Fsp3) is 0.400. The molecule has 140 valence electrons. The molecule has 1 aliphatic heterocycles. The van der Waals surface area contributed by atoms with E-state index in [1.165, 1.54) is 0 Å². The number of hydrogen-bond donors (Lipinski definition) is 0. The fourth-order valence-electron chi connectivity index (χ4n) is 3.67. The average Bonchev–Trinajstić information content (AvgIpc) is 2.90. The van der Waals surface area contributed by atoms with E-state index in [4.69, 9.17) is 9.97 Å². The van der Waals surface area contributed by atoms with E-state index in [-0.39, 0.29) is 5.91 Å². The second-order valence-corrected chi connectivity index (χ2v) is 7.10. The molecule has 2 aromatic heterocycles. The van der Waals surface area contributed by atoms with Crippen LogP contribution in [0.15, 0.2) is 24.3 Å². The Bertz CT molecular complexity index is 1020. The predicted molar refractivity (Wildman–Crippen MR) is 106 cm³/mol. The Kier molecular flexibility index (Phi) is 4.30. The molecule has 0 N–H and O–H groups in total. The van der Waals surface area contributed by atoms with Crippen molar-refractivity contribution in [3.63, 3.8) is 0 Å². The number of aromatic nitrogens is 4. The summed E-state index contributed by atoms with van der Waals surface area (Å²) in [6.45, 7) is 5.41. The van der Waals surface area contributed by atoms with Crippen LogP contribution < -0.4 is 9.80 Å². The SMILES string of the molecule is Cc1nn(C)c(C)c1CCC(=O)N1CCN(C)c2nc3ccccc3nc21. The van der Waals surface area contributed by atoms with Crippen LogP contribution in [0.4, 0.5) is 11.6 Å². The molecule has 0 atom stereocenters. The average molecular weight is 364 g/mol. The van der Waals surface area contributed by atoms with Gasteiger partial charge in [0.05, 0.1) is 16.7 Å². The minimum absolute atomic E-state index is 0.0802. The number of carbonyl (C=O) groups is 1. The molecule has 3 aromatic rings. The molecule has 0 unspecified atom stereocenters. The quantitative estimate of drug-likeness (QED) is 0.714. The lowest BCUT2D eigenvalue weighted by Crippen LogP contribution is -2.43. The first-order valence-electron chi connectivity index (χ1n) is 9.23. The van der Waals surface area contributed by atoms with E-state index in [1.54, 1.807) is 4.90 Å². The van der Waals surface area contributed by atoms with Crippen LogP contribution >= 0.6 is 0 Å². The molecule has 0 radical (unpaired) electrons. The van der Waals surface area contributed by atoms with Crippen LogP contribution in [-0.2, 0) is 18.3 Å². The molecule has 1 amide bonds. The fourth-order valence-corrected chi connectivity index (χ4v) is 3.67. The van der Waals surface area contributed by atoms with Gasteiger partial charge in [-0.2, -0.15) is 5.10 Å². The number of carbonyl (C=O) groups excluding carboxylic acids is 1. The number of amides is 1. The molecule has 0 spiro atoms. The molecule has 7 nitrogen and oxygen atoms in total. The molecule has 4 rings (SSSR count). The first-order chi connectivity index (χ1) is 13.0. The van der Waals surface area contributed by atoms with E-state index in [0.29, 0.717) is 25.2 Å². The molecule has 3 heterocycles. The van der Waals surface area contributed by atoms with Crippen molar-refractivity contribution in [2.75, 3.05) is 29.9 Å². The second-order valence-electron chi connectivity index (χ2n) is 7.10. The van der Waals surface area contributed by atoms with Crippen LogP contribution in [0, 0.1) is 13.8 Å². The van der Waals surface area contributed by atoms with Gasteiger partial charge in [-0.3, -0.25) is 14.4 Å². The second kappa shape index (κ2) is 6.64. The summed E-state index contributed by atoms with van der Waals surface area (Å²) in [6.07, 6.45) is 1.12. The summed E-state index contributed by atoms with van der Waals surface area (Å²) in [4.78, 5) is 26.4. The lowest BCUT2D eigenvalue weighted by molar-refractivity contribution is -0.118. The highest BCUT2D eigenvalue weighted by Crippen LogP contribution is 2.31. The zero-order chi connectivity index (χ0) is 19.1. The number of para-hydroxylation sites is 2. The van der Waals surface area contributed by atoms with E-state index in [9.17, 15) is 4.79 Å². The zero-order valence-corrected chi connectivity index (χ0v) is 16.2. The maximum absolute atomic E-state index is 13.0. The molecule has 1 aliphatic rings. The summed E-state index contributed by atoms with van der Waals surface area (Å²) < 4.78 is 1.87. The van der Waals surface area contributed by atoms with Gasteiger partial charge in [-0.05, 0) is 38.0 Å². The van der Waals surface area contributed by atoms with Crippen LogP contribution in [0.2, 0.25) is 0 Å². The highest BCUT2D eigenvalue weighted by atomic mass is 16.2. The van der Waals surface area contributed by atoms with Gasteiger partial charge in [-0.15, -0.1) is 0 Å². The third-order valence-electron chi connectivity index (χ3n) is 5.36. The van der Waals surface area contributed by atoms with E-state index in [0.717, 1.165) is 40.3 Å². The Hall–Kier alpha value is -2.96. The molecule has 0 saturated carbocycles. The standard InChI is InChI=1S/C20H24N6O/c1-13-15(14(2)25(4)23-13)9-10-18(27)26-12-11-24(3)19-20(26)22-17-8-6-5-7-16(17)21-19/h5-8H,9-12H2,1-4H3. The van der Waals surface area contributed by atoms with Crippen LogP contribution in [-0.4, -0.2) is 45.8 Å². The molecular weight excluding hydrogens is 340 g/mol. The minimum atomic E-state index is 0.0802. The minimum Gasteiger partial charge on any atom is -0.355 e. The number of fused-ring (bicyclic) bond motifs is 2. The predicted octanol–water partition coefficient (Wildman–Crippen LogP) is 2.40. The number of benzene rings is 1. The number of rotatable bonds is 3. The van der Waals surface area contributed by atoms with Crippen LogP contribution in [0.1, 0.15) is 23.4 Å². The lowest BCUT2D eigenvalue weighted by atomic mass is 10.1. The van der Waals surface area contributed by atoms with Crippen molar-refractivity contribution < 1.29 is 4.79 Å². The summed E-state index contributed by atoms with van der Waals surface area (Å²) in [6, 6.07) is 7.77. The summed E-state index contributed by atoms with van der Waals surface area (Å²) in [5.74, 6) is 1.51. The lowest BCUT2D eigenvalue weighted by Gasteiger charge is -2.33. The van der Waals surface area contributed by atoms with E-state index >= 15 is 0 Å². The van der Waals surface area contributed by atoms with Crippen molar-refractivity contribution in [3.8, 4) is 0 Å². The maximum atomic E-state index is 13.0. The zero-order valence-electron chi connectivity index (χ0n) is 16.2. The number of nitrogens with zero attached hydrogens (tertiary/aromatic N) is 6. The van der Waals surface area contributed by atoms with E-state index < -0.39 is 0 Å². The van der Waals surface area contributed by atoms with Crippen LogP contribution in [0.25, 0.3) is 11.0 Å². The van der Waals surface area contributed by atoms with Crippen LogP contribution in [0.3, 0.4) is 0 Å². The molecule has 7 heteroatoms. The summed E-state index contributed by atoms with van der Waals surface area (Å²) in [5.41, 5.74) is 4.92. The van der Waals surface area contributed by atoms with Gasteiger partial charge in [0, 0.05) is 39.3 Å². The normalized spacial score (nSPS) is 13.9. The van der Waals surface area contributed by atoms with Gasteiger partial charge in [0.1, 0.15) is 0 Å². The molecule has 27 heavy (non-hydrogen) atoms. The molecule has 0 aliphatic carbocycles. The number of hydrogen-bond acceptors (Lipinski definition) is 5. The van der Waals surface area contributed by atoms with Gasteiger partial charge in [-0.25, -0.2) is 9.97 Å². The van der Waals surface area contributed by atoms with Gasteiger partial charge in [-0.1, -0.05) is 12.1 Å². The van der Waals surface area contributed by atoms with Crippen molar-refractivity contribution in [1.29, 1.82) is 0 Å². The van der Waals surface area contributed by atoms with Crippen molar-refractivity contribution in [1.82, 2.24) is 19.7 Å². The Morgan fingerprint density at radius 1 is 1.04 bits per heavy atom. The monoisotopic (exact) mass is 364 g/mol. The van der Waals surface area contributed by atoms with Gasteiger partial charge in [0.25, 0.3) is 0 Å². The molecule has 1 aromatic carbocycles. The number of aryl methyl sites for hydroxylation is 2. The topological polar surface area (TPSA) is 67.2 Å². The Labute approximate surface area is 158 Å². The Morgan fingerprint density at radius 3 is 2.33 bits per heavy atom. The third kappa shape index (κ3) is 3.03. The van der Waals surface area contributed by atoms with Gasteiger partial charge in [0.15, 0.2) is 11.6 Å². The molecular formula is C20H24N6O. The summed E-state index contributed by atoms with van der Waals surface area (Å²) in [5, 5.41) is 4.44. The van der Waals surface area contributed by atoms with Crippen LogP contribution in [0.5, 0.6) is 0 Å². The summed E-state index contributed by atoms with van der Waals surface area (Å²) in [7, 11) is 3.93. The Balaban J connectivity index is 1.62. The highest BCUT2D eigenvalue weighted by molar-refractivity contribution is 5.97. The van der Waals surface area contributed by atoms with Gasteiger partial charge >= 0.3 is 0 Å². The van der Waals surface area contributed by atoms with Crippen molar-refractivity contribution in [2.45, 2.75) is 26.7 Å². The van der Waals surface area contributed by atoms with Gasteiger partial charge in [0.2, 0.25) is 5.91 Å². The largest absolute Gasteiger partial charge is 0.355 e. The third-order valence-corrected chi connectivity index (χ3v) is 5.36. The van der Waals surface area contributed by atoms with Crippen molar-refractivity contribution >= 4 is 28.6 Å². The number of likely N-dealkylation sites (N-methyl/N-ethyl adjacent to an activating group) is 1.